The minimum Gasteiger partial charge on any atom is -0.422 e. The van der Waals surface area contributed by atoms with Crippen molar-refractivity contribution < 1.29 is 13.6 Å². The van der Waals surface area contributed by atoms with Crippen LogP contribution in [0.3, 0.4) is 0 Å². The fraction of sp³-hybridized carbons (Fsp3) is 0.208. The Morgan fingerprint density at radius 1 is 0.833 bits per heavy atom. The standard InChI is InChI=1S/C24H21NO5/c1-4-25(5-2)18-8-6-16-11-20(24(28)30-22(16)13-18)15-7-9-21-17(10-15)12-19(14(3)26)23(27)29-21/h6-13H,4-5H2,1-3H3. The number of hydrogen-bond donors (Lipinski definition) is 0. The van der Waals surface area contributed by atoms with Gasteiger partial charge in [-0.25, -0.2) is 9.59 Å². The lowest BCUT2D eigenvalue weighted by Gasteiger charge is -2.21. The number of fused-ring (bicyclic) bond motifs is 2. The maximum absolute atomic E-state index is 12.7. The minimum absolute atomic E-state index is 0.0193. The molecule has 152 valence electrons. The van der Waals surface area contributed by atoms with E-state index in [0.29, 0.717) is 27.7 Å². The lowest BCUT2D eigenvalue weighted by atomic mass is 10.0. The van der Waals surface area contributed by atoms with Crippen molar-refractivity contribution in [3.05, 3.63) is 74.9 Å². The summed E-state index contributed by atoms with van der Waals surface area (Å²) in [6.07, 6.45) is 0. The predicted molar refractivity (Wildman–Crippen MR) is 118 cm³/mol. The summed E-state index contributed by atoms with van der Waals surface area (Å²) in [6.45, 7) is 7.19. The van der Waals surface area contributed by atoms with Crippen molar-refractivity contribution in [1.29, 1.82) is 0 Å². The van der Waals surface area contributed by atoms with E-state index in [4.69, 9.17) is 8.83 Å². The molecule has 0 amide bonds. The van der Waals surface area contributed by atoms with E-state index >= 15 is 0 Å². The lowest BCUT2D eigenvalue weighted by Crippen LogP contribution is -2.21. The maximum Gasteiger partial charge on any atom is 0.347 e. The number of rotatable bonds is 5. The zero-order chi connectivity index (χ0) is 21.4. The Morgan fingerprint density at radius 3 is 2.27 bits per heavy atom. The van der Waals surface area contributed by atoms with E-state index in [1.807, 2.05) is 18.2 Å². The largest absolute Gasteiger partial charge is 0.422 e. The van der Waals surface area contributed by atoms with E-state index in [-0.39, 0.29) is 11.3 Å². The van der Waals surface area contributed by atoms with Gasteiger partial charge in [-0.3, -0.25) is 4.79 Å². The Morgan fingerprint density at radius 2 is 1.57 bits per heavy atom. The number of Topliss-reactive ketones (excluding diaryl/α,β-unsaturated/α-hetero) is 1. The smallest absolute Gasteiger partial charge is 0.347 e. The molecule has 0 spiro atoms. The number of carbonyl (C=O) groups is 1. The first kappa shape index (κ1) is 19.6. The average Bonchev–Trinajstić information content (AvgIpc) is 2.73. The number of anilines is 1. The van der Waals surface area contributed by atoms with Gasteiger partial charge in [-0.2, -0.15) is 0 Å². The molecule has 0 atom stereocenters. The molecule has 6 nitrogen and oxygen atoms in total. The summed E-state index contributed by atoms with van der Waals surface area (Å²) in [6, 6.07) is 14.1. The molecule has 0 saturated carbocycles. The molecule has 0 aliphatic heterocycles. The highest BCUT2D eigenvalue weighted by Crippen LogP contribution is 2.27. The van der Waals surface area contributed by atoms with Gasteiger partial charge in [-0.15, -0.1) is 0 Å². The van der Waals surface area contributed by atoms with Crippen LogP contribution in [0.4, 0.5) is 5.69 Å². The van der Waals surface area contributed by atoms with Gasteiger partial charge in [0.25, 0.3) is 0 Å². The monoisotopic (exact) mass is 403 g/mol. The Labute approximate surface area is 172 Å². The van der Waals surface area contributed by atoms with Gasteiger partial charge in [-0.05, 0) is 62.7 Å². The molecule has 4 rings (SSSR count). The SMILES string of the molecule is CCN(CC)c1ccc2cc(-c3ccc4oc(=O)c(C(C)=O)cc4c3)c(=O)oc2c1. The number of hydrogen-bond acceptors (Lipinski definition) is 6. The molecule has 0 unspecified atom stereocenters. The van der Waals surface area contributed by atoms with Crippen molar-refractivity contribution >= 4 is 33.4 Å². The molecule has 2 aromatic heterocycles. The zero-order valence-corrected chi connectivity index (χ0v) is 17.0. The predicted octanol–water partition coefficient (Wildman–Crippen LogP) is 4.62. The first-order valence-corrected chi connectivity index (χ1v) is 9.83. The summed E-state index contributed by atoms with van der Waals surface area (Å²) in [5.74, 6) is -0.370. The summed E-state index contributed by atoms with van der Waals surface area (Å²) in [5.41, 5.74) is 1.75. The second kappa shape index (κ2) is 7.63. The second-order valence-corrected chi connectivity index (χ2v) is 7.10. The van der Waals surface area contributed by atoms with Gasteiger partial charge in [0.1, 0.15) is 16.7 Å². The molecule has 2 aromatic carbocycles. The van der Waals surface area contributed by atoms with Gasteiger partial charge in [0, 0.05) is 35.6 Å². The third kappa shape index (κ3) is 3.41. The Hall–Kier alpha value is -3.67. The van der Waals surface area contributed by atoms with Crippen LogP contribution in [0.25, 0.3) is 33.1 Å². The van der Waals surface area contributed by atoms with Crippen LogP contribution in [-0.2, 0) is 0 Å². The van der Waals surface area contributed by atoms with E-state index < -0.39 is 11.3 Å². The Balaban J connectivity index is 1.85. The molecule has 0 N–H and O–H groups in total. The molecular formula is C24H21NO5. The topological polar surface area (TPSA) is 80.7 Å². The van der Waals surface area contributed by atoms with E-state index in [2.05, 4.69) is 18.7 Å². The highest BCUT2D eigenvalue weighted by atomic mass is 16.4. The summed E-state index contributed by atoms with van der Waals surface area (Å²) in [7, 11) is 0. The van der Waals surface area contributed by atoms with Crippen LogP contribution in [0.2, 0.25) is 0 Å². The number of benzene rings is 2. The van der Waals surface area contributed by atoms with Crippen molar-refractivity contribution in [3.8, 4) is 11.1 Å². The summed E-state index contributed by atoms with van der Waals surface area (Å²) < 4.78 is 10.8. The van der Waals surface area contributed by atoms with Crippen LogP contribution in [0.5, 0.6) is 0 Å². The van der Waals surface area contributed by atoms with Gasteiger partial charge in [0.2, 0.25) is 0 Å². The molecule has 0 aliphatic rings. The molecule has 6 heteroatoms. The fourth-order valence-electron chi connectivity index (χ4n) is 3.62. The van der Waals surface area contributed by atoms with Gasteiger partial charge in [0.05, 0.1) is 5.56 Å². The van der Waals surface area contributed by atoms with Gasteiger partial charge >= 0.3 is 11.3 Å². The van der Waals surface area contributed by atoms with Crippen molar-refractivity contribution in [3.63, 3.8) is 0 Å². The second-order valence-electron chi connectivity index (χ2n) is 7.10. The van der Waals surface area contributed by atoms with Crippen LogP contribution in [0.1, 0.15) is 31.1 Å². The van der Waals surface area contributed by atoms with Crippen LogP contribution in [0, 0.1) is 0 Å². The summed E-state index contributed by atoms with van der Waals surface area (Å²) in [4.78, 5) is 38.4. The molecule has 4 aromatic rings. The molecule has 2 heterocycles. The van der Waals surface area contributed by atoms with E-state index in [9.17, 15) is 14.4 Å². The lowest BCUT2D eigenvalue weighted by molar-refractivity contribution is 0.101. The molecule has 0 saturated heterocycles. The molecule has 0 aliphatic carbocycles. The number of ketones is 1. The van der Waals surface area contributed by atoms with Gasteiger partial charge in [0.15, 0.2) is 5.78 Å². The Bertz CT molecular complexity index is 1390. The van der Waals surface area contributed by atoms with Gasteiger partial charge < -0.3 is 13.7 Å². The summed E-state index contributed by atoms with van der Waals surface area (Å²) >= 11 is 0. The van der Waals surface area contributed by atoms with E-state index in [1.165, 1.54) is 13.0 Å². The van der Waals surface area contributed by atoms with Gasteiger partial charge in [-0.1, -0.05) is 6.07 Å². The Kier molecular flexibility index (Phi) is 4.99. The van der Waals surface area contributed by atoms with Crippen molar-refractivity contribution in [2.75, 3.05) is 18.0 Å². The van der Waals surface area contributed by atoms with Crippen LogP contribution >= 0.6 is 0 Å². The van der Waals surface area contributed by atoms with Crippen LogP contribution in [0.15, 0.2) is 67.0 Å². The molecule has 0 radical (unpaired) electrons. The maximum atomic E-state index is 12.7. The normalized spacial score (nSPS) is 11.2. The van der Waals surface area contributed by atoms with E-state index in [1.54, 1.807) is 24.3 Å². The molecular weight excluding hydrogens is 382 g/mol. The fourth-order valence-corrected chi connectivity index (χ4v) is 3.62. The molecule has 30 heavy (non-hydrogen) atoms. The third-order valence-electron chi connectivity index (χ3n) is 5.27. The van der Waals surface area contributed by atoms with Crippen LogP contribution in [-0.4, -0.2) is 18.9 Å². The minimum atomic E-state index is -0.669. The van der Waals surface area contributed by atoms with Crippen molar-refractivity contribution in [1.82, 2.24) is 0 Å². The first-order chi connectivity index (χ1) is 14.4. The first-order valence-electron chi connectivity index (χ1n) is 9.83. The molecule has 0 bridgehead atoms. The number of carbonyl (C=O) groups excluding carboxylic acids is 1. The molecule has 0 fully saturated rings. The third-order valence-corrected chi connectivity index (χ3v) is 5.27. The number of nitrogens with zero attached hydrogens (tertiary/aromatic N) is 1. The quantitative estimate of drug-likeness (QED) is 0.357. The summed E-state index contributed by atoms with van der Waals surface area (Å²) in [5, 5.41) is 1.37. The van der Waals surface area contributed by atoms with Crippen molar-refractivity contribution in [2.24, 2.45) is 0 Å². The van der Waals surface area contributed by atoms with Crippen molar-refractivity contribution in [2.45, 2.75) is 20.8 Å². The highest BCUT2D eigenvalue weighted by molar-refractivity contribution is 5.97. The zero-order valence-electron chi connectivity index (χ0n) is 17.0. The van der Waals surface area contributed by atoms with Crippen LogP contribution < -0.4 is 16.2 Å². The average molecular weight is 403 g/mol. The van der Waals surface area contributed by atoms with E-state index in [0.717, 1.165) is 24.2 Å². The highest BCUT2D eigenvalue weighted by Gasteiger charge is 2.13.